The highest BCUT2D eigenvalue weighted by Gasteiger charge is 2.13. The summed E-state index contributed by atoms with van der Waals surface area (Å²) in [6.07, 6.45) is 0.868. The van der Waals surface area contributed by atoms with Crippen LogP contribution < -0.4 is 0 Å². The molecular formula is C12H18O2. The number of aliphatic hydroxyl groups excluding tert-OH is 2. The maximum atomic E-state index is 9.53. The second-order valence-corrected chi connectivity index (χ2v) is 3.57. The molecule has 1 aromatic rings. The van der Waals surface area contributed by atoms with Crippen LogP contribution in [0.15, 0.2) is 30.3 Å². The summed E-state index contributed by atoms with van der Waals surface area (Å²) in [6.45, 7) is 1.87. The third-order valence-electron chi connectivity index (χ3n) is 2.43. The van der Waals surface area contributed by atoms with Gasteiger partial charge in [0.25, 0.3) is 0 Å². The van der Waals surface area contributed by atoms with Crippen molar-refractivity contribution >= 4 is 0 Å². The first kappa shape index (κ1) is 11.2. The van der Waals surface area contributed by atoms with Crippen molar-refractivity contribution in [3.05, 3.63) is 35.9 Å². The molecule has 0 fully saturated rings. The van der Waals surface area contributed by atoms with Crippen LogP contribution in [-0.2, 0) is 6.42 Å². The molecule has 2 nitrogen and oxygen atoms in total. The van der Waals surface area contributed by atoms with Crippen LogP contribution >= 0.6 is 0 Å². The van der Waals surface area contributed by atoms with Crippen LogP contribution in [0.25, 0.3) is 0 Å². The largest absolute Gasteiger partial charge is 0.390 e. The minimum atomic E-state index is -0.597. The van der Waals surface area contributed by atoms with Crippen LogP contribution in [0.3, 0.4) is 0 Å². The minimum absolute atomic E-state index is 0.585. The fourth-order valence-electron chi connectivity index (χ4n) is 1.42. The summed E-state index contributed by atoms with van der Waals surface area (Å²) in [4.78, 5) is 0. The monoisotopic (exact) mass is 194 g/mol. The van der Waals surface area contributed by atoms with E-state index in [-0.39, 0.29) is 0 Å². The summed E-state index contributed by atoms with van der Waals surface area (Å²) in [6, 6.07) is 10.0. The molecule has 78 valence electrons. The van der Waals surface area contributed by atoms with Gasteiger partial charge in [-0.1, -0.05) is 37.3 Å². The molecule has 0 saturated carbocycles. The summed E-state index contributed by atoms with van der Waals surface area (Å²) >= 11 is 0. The number of rotatable bonds is 5. The Bertz CT molecular complexity index is 246. The number of aryl methyl sites for hydroxylation is 1. The molecule has 0 aromatic heterocycles. The fourth-order valence-corrected chi connectivity index (χ4v) is 1.42. The first-order valence-electron chi connectivity index (χ1n) is 5.14. The highest BCUT2D eigenvalue weighted by atomic mass is 16.3. The van der Waals surface area contributed by atoms with Crippen molar-refractivity contribution in [3.63, 3.8) is 0 Å². The second kappa shape index (κ2) is 5.78. The van der Waals surface area contributed by atoms with Crippen LogP contribution in [0.1, 0.15) is 25.3 Å². The molecular weight excluding hydrogens is 176 g/mol. The van der Waals surface area contributed by atoms with Gasteiger partial charge < -0.3 is 10.2 Å². The number of hydrogen-bond acceptors (Lipinski definition) is 2. The predicted molar refractivity (Wildman–Crippen MR) is 57.1 cm³/mol. The molecule has 0 aliphatic heterocycles. The Kier molecular flexibility index (Phi) is 4.63. The summed E-state index contributed by atoms with van der Waals surface area (Å²) in [7, 11) is 0. The molecule has 2 unspecified atom stereocenters. The van der Waals surface area contributed by atoms with Gasteiger partial charge in [0.05, 0.1) is 12.2 Å². The molecule has 2 atom stereocenters. The van der Waals surface area contributed by atoms with E-state index in [9.17, 15) is 10.2 Å². The van der Waals surface area contributed by atoms with Crippen molar-refractivity contribution in [2.45, 2.75) is 38.4 Å². The Hall–Kier alpha value is -0.860. The smallest absolute Gasteiger partial charge is 0.0802 e. The molecule has 1 aromatic carbocycles. The minimum Gasteiger partial charge on any atom is -0.390 e. The summed E-state index contributed by atoms with van der Waals surface area (Å²) < 4.78 is 0. The van der Waals surface area contributed by atoms with E-state index in [0.717, 1.165) is 6.42 Å². The maximum absolute atomic E-state index is 9.53. The third kappa shape index (κ3) is 3.48. The summed E-state index contributed by atoms with van der Waals surface area (Å²) in [5.74, 6) is 0. The van der Waals surface area contributed by atoms with E-state index >= 15 is 0 Å². The lowest BCUT2D eigenvalue weighted by Crippen LogP contribution is -2.25. The van der Waals surface area contributed by atoms with Gasteiger partial charge in [0.15, 0.2) is 0 Å². The van der Waals surface area contributed by atoms with E-state index in [0.29, 0.717) is 12.8 Å². The first-order chi connectivity index (χ1) is 6.74. The molecule has 0 bridgehead atoms. The second-order valence-electron chi connectivity index (χ2n) is 3.57. The highest BCUT2D eigenvalue weighted by molar-refractivity contribution is 5.14. The Morgan fingerprint density at radius 1 is 1.07 bits per heavy atom. The number of benzene rings is 1. The number of aliphatic hydroxyl groups is 2. The Balaban J connectivity index is 2.34. The SMILES string of the molecule is CCC(O)C(O)CCc1ccccc1. The lowest BCUT2D eigenvalue weighted by Gasteiger charge is -2.15. The van der Waals surface area contributed by atoms with Gasteiger partial charge in [0, 0.05) is 0 Å². The molecule has 0 saturated heterocycles. The lowest BCUT2D eigenvalue weighted by atomic mass is 10.0. The molecule has 0 amide bonds. The van der Waals surface area contributed by atoms with Crippen molar-refractivity contribution in [2.24, 2.45) is 0 Å². The van der Waals surface area contributed by atoms with Crippen LogP contribution in [0.4, 0.5) is 0 Å². The van der Waals surface area contributed by atoms with E-state index in [2.05, 4.69) is 0 Å². The quantitative estimate of drug-likeness (QED) is 0.749. The van der Waals surface area contributed by atoms with Crippen LogP contribution in [-0.4, -0.2) is 22.4 Å². The zero-order valence-electron chi connectivity index (χ0n) is 8.56. The molecule has 0 aliphatic carbocycles. The van der Waals surface area contributed by atoms with Gasteiger partial charge in [0.2, 0.25) is 0 Å². The van der Waals surface area contributed by atoms with E-state index in [1.807, 2.05) is 37.3 Å². The Labute approximate surface area is 85.2 Å². The van der Waals surface area contributed by atoms with Crippen molar-refractivity contribution in [1.29, 1.82) is 0 Å². The summed E-state index contributed by atoms with van der Waals surface area (Å²) in [5, 5.41) is 18.9. The topological polar surface area (TPSA) is 40.5 Å². The zero-order chi connectivity index (χ0) is 10.4. The van der Waals surface area contributed by atoms with Gasteiger partial charge in [-0.2, -0.15) is 0 Å². The fraction of sp³-hybridized carbons (Fsp3) is 0.500. The van der Waals surface area contributed by atoms with Gasteiger partial charge in [0.1, 0.15) is 0 Å². The third-order valence-corrected chi connectivity index (χ3v) is 2.43. The van der Waals surface area contributed by atoms with Gasteiger partial charge >= 0.3 is 0 Å². The average molecular weight is 194 g/mol. The number of hydrogen-bond donors (Lipinski definition) is 2. The van der Waals surface area contributed by atoms with Gasteiger partial charge in [-0.25, -0.2) is 0 Å². The predicted octanol–water partition coefficient (Wildman–Crippen LogP) is 1.75. The van der Waals surface area contributed by atoms with Crippen molar-refractivity contribution < 1.29 is 10.2 Å². The Morgan fingerprint density at radius 2 is 1.71 bits per heavy atom. The van der Waals surface area contributed by atoms with Gasteiger partial charge in [-0.05, 0) is 24.8 Å². The molecule has 2 N–H and O–H groups in total. The molecule has 0 radical (unpaired) electrons. The first-order valence-corrected chi connectivity index (χ1v) is 5.14. The van der Waals surface area contributed by atoms with Crippen molar-refractivity contribution in [1.82, 2.24) is 0 Å². The van der Waals surface area contributed by atoms with Crippen molar-refractivity contribution in [3.8, 4) is 0 Å². The molecule has 1 rings (SSSR count). The van der Waals surface area contributed by atoms with E-state index in [1.54, 1.807) is 0 Å². The Morgan fingerprint density at radius 3 is 2.29 bits per heavy atom. The van der Waals surface area contributed by atoms with E-state index < -0.39 is 12.2 Å². The average Bonchev–Trinajstić information content (AvgIpc) is 2.26. The summed E-state index contributed by atoms with van der Waals surface area (Å²) in [5.41, 5.74) is 1.20. The lowest BCUT2D eigenvalue weighted by molar-refractivity contribution is 0.0130. The molecule has 0 aliphatic rings. The normalized spacial score (nSPS) is 15.1. The van der Waals surface area contributed by atoms with E-state index in [4.69, 9.17) is 0 Å². The van der Waals surface area contributed by atoms with Crippen LogP contribution in [0, 0.1) is 0 Å². The molecule has 14 heavy (non-hydrogen) atoms. The molecule has 0 heterocycles. The maximum Gasteiger partial charge on any atom is 0.0802 e. The van der Waals surface area contributed by atoms with Crippen LogP contribution in [0.2, 0.25) is 0 Å². The zero-order valence-corrected chi connectivity index (χ0v) is 8.56. The van der Waals surface area contributed by atoms with Crippen molar-refractivity contribution in [2.75, 3.05) is 0 Å². The molecule has 2 heteroatoms. The highest BCUT2D eigenvalue weighted by Crippen LogP contribution is 2.08. The molecule has 0 spiro atoms. The van der Waals surface area contributed by atoms with E-state index in [1.165, 1.54) is 5.56 Å². The van der Waals surface area contributed by atoms with Crippen LogP contribution in [0.5, 0.6) is 0 Å². The van der Waals surface area contributed by atoms with Gasteiger partial charge in [-0.15, -0.1) is 0 Å². The standard InChI is InChI=1S/C12H18O2/c1-2-11(13)12(14)9-8-10-6-4-3-5-7-10/h3-7,11-14H,2,8-9H2,1H3. The van der Waals surface area contributed by atoms with Gasteiger partial charge in [-0.3, -0.25) is 0 Å².